The van der Waals surface area contributed by atoms with Gasteiger partial charge >= 0.3 is 0 Å². The first kappa shape index (κ1) is 15.1. The fourth-order valence-corrected chi connectivity index (χ4v) is 2.51. The van der Waals surface area contributed by atoms with Gasteiger partial charge in [-0.2, -0.15) is 4.39 Å². The highest BCUT2D eigenvalue weighted by Crippen LogP contribution is 2.37. The van der Waals surface area contributed by atoms with Gasteiger partial charge in [-0.05, 0) is 17.7 Å². The summed E-state index contributed by atoms with van der Waals surface area (Å²) in [5, 5.41) is 0.565. The highest BCUT2D eigenvalue weighted by molar-refractivity contribution is 5.90. The fraction of sp³-hybridized carbons (Fsp3) is 0.167. The normalized spacial score (nSPS) is 13.5. The molecule has 4 nitrogen and oxygen atoms in total. The molecule has 5 heteroatoms. The minimum absolute atomic E-state index is 0.103. The third-order valence-electron chi connectivity index (χ3n) is 3.66. The van der Waals surface area contributed by atoms with Gasteiger partial charge in [0.1, 0.15) is 12.4 Å². The lowest BCUT2D eigenvalue weighted by molar-refractivity contribution is -0.164. The van der Waals surface area contributed by atoms with Crippen LogP contribution in [-0.2, 0) is 22.0 Å². The number of fused-ring (bicyclic) bond motifs is 1. The molecular formula is C18H16FNO3. The van der Waals surface area contributed by atoms with Gasteiger partial charge in [0.15, 0.2) is 0 Å². The number of benzene rings is 2. The average molecular weight is 313 g/mol. The maximum atomic E-state index is 14.6. The minimum Gasteiger partial charge on any atom is -0.488 e. The summed E-state index contributed by atoms with van der Waals surface area (Å²) in [4.78, 5) is 13.5. The van der Waals surface area contributed by atoms with Crippen LogP contribution in [0.2, 0.25) is 0 Å². The van der Waals surface area contributed by atoms with Gasteiger partial charge in [0.05, 0.1) is 10.9 Å². The lowest BCUT2D eigenvalue weighted by atomic mass is 10.1. The number of halogens is 1. The summed E-state index contributed by atoms with van der Waals surface area (Å²) in [6, 6.07) is 15.1. The van der Waals surface area contributed by atoms with Gasteiger partial charge in [0, 0.05) is 18.6 Å². The van der Waals surface area contributed by atoms with Gasteiger partial charge in [-0.1, -0.05) is 36.4 Å². The van der Waals surface area contributed by atoms with E-state index in [4.69, 9.17) is 4.74 Å². The maximum absolute atomic E-state index is 14.6. The molecule has 0 radical (unpaired) electrons. The predicted molar refractivity (Wildman–Crippen MR) is 84.7 cm³/mol. The molecule has 3 aromatic rings. The first-order valence-electron chi connectivity index (χ1n) is 7.19. The Kier molecular flexibility index (Phi) is 4.02. The maximum Gasteiger partial charge on any atom is 0.296 e. The van der Waals surface area contributed by atoms with E-state index >= 15 is 0 Å². The number of carbonyl (C=O) groups is 1. The van der Waals surface area contributed by atoms with E-state index in [-0.39, 0.29) is 12.0 Å². The lowest BCUT2D eigenvalue weighted by Gasteiger charge is -2.18. The smallest absolute Gasteiger partial charge is 0.296 e. The third kappa shape index (κ3) is 3.04. The predicted octanol–water partition coefficient (Wildman–Crippen LogP) is 4.06. The number of alkyl halides is 1. The zero-order valence-corrected chi connectivity index (χ0v) is 12.6. The first-order valence-corrected chi connectivity index (χ1v) is 7.19. The van der Waals surface area contributed by atoms with E-state index in [1.54, 1.807) is 6.07 Å². The average Bonchev–Trinajstić information content (AvgIpc) is 2.99. The van der Waals surface area contributed by atoms with Crippen LogP contribution in [0.3, 0.4) is 0 Å². The zero-order valence-electron chi connectivity index (χ0n) is 12.6. The second kappa shape index (κ2) is 6.12. The molecule has 118 valence electrons. The number of hydrogen-bond acceptors (Lipinski definition) is 3. The Morgan fingerprint density at radius 2 is 1.96 bits per heavy atom. The molecule has 1 aromatic heterocycles. The molecule has 0 bridgehead atoms. The Balaban J connectivity index is 1.97. The summed E-state index contributed by atoms with van der Waals surface area (Å²) in [5.41, 5.74) is 1.95. The molecule has 23 heavy (non-hydrogen) atoms. The van der Waals surface area contributed by atoms with Crippen LogP contribution in [-0.4, -0.2) is 11.5 Å². The van der Waals surface area contributed by atoms with Crippen LogP contribution < -0.4 is 4.74 Å². The number of ether oxygens (including phenoxy) is 2. The Morgan fingerprint density at radius 1 is 1.17 bits per heavy atom. The van der Waals surface area contributed by atoms with Gasteiger partial charge in [0.2, 0.25) is 0 Å². The summed E-state index contributed by atoms with van der Waals surface area (Å²) in [6.45, 7) is 1.66. The number of rotatable bonds is 6. The van der Waals surface area contributed by atoms with E-state index in [1.807, 2.05) is 42.5 Å². The quantitative estimate of drug-likeness (QED) is 0.698. The van der Waals surface area contributed by atoms with Crippen molar-refractivity contribution in [1.82, 2.24) is 4.98 Å². The van der Waals surface area contributed by atoms with E-state index in [9.17, 15) is 9.18 Å². The molecular weight excluding hydrogens is 297 g/mol. The zero-order chi connectivity index (χ0) is 16.3. The molecule has 0 saturated carbocycles. The molecule has 1 heterocycles. The molecule has 1 unspecified atom stereocenters. The van der Waals surface area contributed by atoms with Crippen LogP contribution in [0.4, 0.5) is 4.39 Å². The number of aromatic nitrogens is 1. The van der Waals surface area contributed by atoms with E-state index in [1.165, 1.54) is 13.1 Å². The van der Waals surface area contributed by atoms with Gasteiger partial charge in [-0.15, -0.1) is 0 Å². The summed E-state index contributed by atoms with van der Waals surface area (Å²) in [6.07, 6.45) is 1.49. The Morgan fingerprint density at radius 3 is 2.70 bits per heavy atom. The standard InChI is InChI=1S/C18H16FNO3/c1-18(19,23-12-21)14-10-20-15-8-5-9-16(17(14)15)22-11-13-6-3-2-4-7-13/h2-10,12,20H,11H2,1H3. The van der Waals surface area contributed by atoms with Crippen molar-refractivity contribution in [2.45, 2.75) is 19.4 Å². The number of H-pyrrole nitrogens is 1. The largest absolute Gasteiger partial charge is 0.488 e. The second-order valence-electron chi connectivity index (χ2n) is 5.29. The molecule has 0 fully saturated rings. The Labute approximate surface area is 132 Å². The van der Waals surface area contributed by atoms with Crippen molar-refractivity contribution in [3.05, 3.63) is 65.9 Å². The molecule has 2 aromatic carbocycles. The second-order valence-corrected chi connectivity index (χ2v) is 5.29. The van der Waals surface area contributed by atoms with Crippen LogP contribution in [0.5, 0.6) is 5.75 Å². The van der Waals surface area contributed by atoms with E-state index < -0.39 is 5.85 Å². The Hall–Kier alpha value is -2.82. The number of carbonyl (C=O) groups excluding carboxylic acids is 1. The van der Waals surface area contributed by atoms with Crippen LogP contribution in [0.25, 0.3) is 10.9 Å². The monoisotopic (exact) mass is 313 g/mol. The van der Waals surface area contributed by atoms with Crippen LogP contribution in [0, 0.1) is 0 Å². The van der Waals surface area contributed by atoms with E-state index in [0.29, 0.717) is 23.3 Å². The van der Waals surface area contributed by atoms with Crippen molar-refractivity contribution in [3.8, 4) is 5.75 Å². The summed E-state index contributed by atoms with van der Waals surface area (Å²) >= 11 is 0. The van der Waals surface area contributed by atoms with Crippen molar-refractivity contribution in [2.24, 2.45) is 0 Å². The molecule has 0 aliphatic carbocycles. The van der Waals surface area contributed by atoms with Gasteiger partial charge in [-0.3, -0.25) is 4.79 Å². The van der Waals surface area contributed by atoms with Gasteiger partial charge in [-0.25, -0.2) is 0 Å². The number of hydrogen-bond donors (Lipinski definition) is 1. The highest BCUT2D eigenvalue weighted by atomic mass is 19.2. The van der Waals surface area contributed by atoms with Crippen LogP contribution in [0.15, 0.2) is 54.7 Å². The number of aromatic amines is 1. The van der Waals surface area contributed by atoms with Crippen molar-refractivity contribution in [1.29, 1.82) is 0 Å². The van der Waals surface area contributed by atoms with Gasteiger partial charge < -0.3 is 14.5 Å². The third-order valence-corrected chi connectivity index (χ3v) is 3.66. The summed E-state index contributed by atoms with van der Waals surface area (Å²) in [7, 11) is 0. The molecule has 1 N–H and O–H groups in total. The SMILES string of the molecule is CC(F)(OC=O)c1c[nH]c2cccc(OCc3ccccc3)c12. The van der Waals surface area contributed by atoms with Crippen LogP contribution >= 0.6 is 0 Å². The molecule has 3 rings (SSSR count). The van der Waals surface area contributed by atoms with E-state index in [2.05, 4.69) is 9.72 Å². The molecule has 0 aliphatic heterocycles. The lowest BCUT2D eigenvalue weighted by Crippen LogP contribution is -2.18. The first-order chi connectivity index (χ1) is 11.1. The molecule has 1 atom stereocenters. The minimum atomic E-state index is -2.23. The van der Waals surface area contributed by atoms with Crippen LogP contribution in [0.1, 0.15) is 18.1 Å². The van der Waals surface area contributed by atoms with Crippen molar-refractivity contribution >= 4 is 17.4 Å². The molecule has 0 saturated heterocycles. The summed E-state index contributed by atoms with van der Waals surface area (Å²) in [5.74, 6) is -1.70. The molecule has 0 aliphatic rings. The molecule has 0 amide bonds. The topological polar surface area (TPSA) is 51.3 Å². The molecule has 0 spiro atoms. The Bertz CT molecular complexity index is 812. The van der Waals surface area contributed by atoms with Gasteiger partial charge in [0.25, 0.3) is 12.3 Å². The van der Waals surface area contributed by atoms with Crippen molar-refractivity contribution in [2.75, 3.05) is 0 Å². The number of nitrogens with one attached hydrogen (secondary N) is 1. The van der Waals surface area contributed by atoms with Crippen molar-refractivity contribution < 1.29 is 18.7 Å². The summed E-state index contributed by atoms with van der Waals surface area (Å²) < 4.78 is 25.0. The van der Waals surface area contributed by atoms with Crippen molar-refractivity contribution in [3.63, 3.8) is 0 Å². The highest BCUT2D eigenvalue weighted by Gasteiger charge is 2.32. The fourth-order valence-electron chi connectivity index (χ4n) is 2.51. The van der Waals surface area contributed by atoms with E-state index in [0.717, 1.165) is 5.56 Å².